The van der Waals surface area contributed by atoms with Gasteiger partial charge in [-0.05, 0) is 16.8 Å². The van der Waals surface area contributed by atoms with Gasteiger partial charge in [-0.25, -0.2) is 4.98 Å². The van der Waals surface area contributed by atoms with Crippen LogP contribution in [0.15, 0.2) is 61.2 Å². The van der Waals surface area contributed by atoms with E-state index >= 15 is 0 Å². The van der Waals surface area contributed by atoms with Gasteiger partial charge in [-0.1, -0.05) is 36.4 Å². The minimum atomic E-state index is -2.38. The topological polar surface area (TPSA) is 75.5 Å². The highest BCUT2D eigenvalue weighted by Crippen LogP contribution is 2.21. The van der Waals surface area contributed by atoms with Crippen LogP contribution in [0.1, 0.15) is 10.4 Å². The Kier molecular flexibility index (Phi) is 5.23. The number of rotatable bonds is 4. The first-order chi connectivity index (χ1) is 13.6. The van der Waals surface area contributed by atoms with E-state index in [-0.39, 0.29) is 17.4 Å². The minimum Gasteiger partial charge on any atom is -0.336 e. The van der Waals surface area contributed by atoms with E-state index in [0.29, 0.717) is 31.7 Å². The van der Waals surface area contributed by atoms with Gasteiger partial charge in [0, 0.05) is 44.1 Å². The summed E-state index contributed by atoms with van der Waals surface area (Å²) in [6.45, 7) is 2.23. The lowest BCUT2D eigenvalue weighted by molar-refractivity contribution is 0.0749. The van der Waals surface area contributed by atoms with Crippen molar-refractivity contribution in [2.75, 3.05) is 26.2 Å². The molecule has 4 rings (SSSR count). The van der Waals surface area contributed by atoms with Crippen molar-refractivity contribution in [3.05, 3.63) is 66.7 Å². The quantitative estimate of drug-likeness (QED) is 0.625. The lowest BCUT2D eigenvalue weighted by Gasteiger charge is -2.35. The third-order valence-electron chi connectivity index (χ3n) is 5.01. The van der Waals surface area contributed by atoms with E-state index in [1.807, 2.05) is 52.1 Å². The first-order valence-electron chi connectivity index (χ1n) is 9.06. The molecule has 28 heavy (non-hydrogen) atoms. The fraction of sp³-hybridized carbons (Fsp3) is 0.250. The molecule has 1 aromatic heterocycles. The van der Waals surface area contributed by atoms with Crippen molar-refractivity contribution in [1.82, 2.24) is 19.4 Å². The van der Waals surface area contributed by atoms with Gasteiger partial charge in [0.15, 0.2) is 0 Å². The van der Waals surface area contributed by atoms with Gasteiger partial charge in [0.25, 0.3) is 5.91 Å². The van der Waals surface area contributed by atoms with E-state index in [2.05, 4.69) is 4.98 Å². The maximum atomic E-state index is 13.1. The molecule has 0 aliphatic carbocycles. The van der Waals surface area contributed by atoms with Gasteiger partial charge in [-0.15, -0.1) is 0 Å². The lowest BCUT2D eigenvalue weighted by Crippen LogP contribution is -2.53. The third kappa shape index (κ3) is 3.69. The molecule has 1 aliphatic heterocycles. The average Bonchev–Trinajstić information content (AvgIpc) is 3.25. The molecule has 0 atom stereocenters. The van der Waals surface area contributed by atoms with Gasteiger partial charge in [0.2, 0.25) is 10.3 Å². The Labute approximate surface area is 164 Å². The summed E-state index contributed by atoms with van der Waals surface area (Å²) in [5.41, 5.74) is 0.598. The molecule has 144 valence electrons. The van der Waals surface area contributed by atoms with Crippen LogP contribution in [-0.4, -0.2) is 64.8 Å². The van der Waals surface area contributed by atoms with Crippen LogP contribution >= 0.6 is 0 Å². The van der Waals surface area contributed by atoms with Crippen molar-refractivity contribution in [3.63, 3.8) is 0 Å². The van der Waals surface area contributed by atoms with Crippen molar-refractivity contribution in [3.8, 4) is 0 Å². The fourth-order valence-electron chi connectivity index (χ4n) is 3.51. The molecule has 0 spiro atoms. The number of benzene rings is 2. The summed E-state index contributed by atoms with van der Waals surface area (Å²) in [6, 6.07) is 13.3. The smallest absolute Gasteiger partial charge is 0.254 e. The van der Waals surface area contributed by atoms with Crippen LogP contribution in [0, 0.1) is 0 Å². The largest absolute Gasteiger partial charge is 0.336 e. The molecule has 3 aromatic rings. The first kappa shape index (κ1) is 18.4. The predicted molar refractivity (Wildman–Crippen MR) is 108 cm³/mol. The predicted octanol–water partition coefficient (Wildman–Crippen LogP) is 1.50. The molecule has 7 nitrogen and oxygen atoms in total. The number of carbonyl (C=O) groups excluding carboxylic acids is 1. The number of fused-ring (bicyclic) bond motifs is 1. The Morgan fingerprint density at radius 1 is 1.04 bits per heavy atom. The molecule has 0 radical (unpaired) electrons. The van der Waals surface area contributed by atoms with Crippen LogP contribution in [0.5, 0.6) is 0 Å². The van der Waals surface area contributed by atoms with E-state index in [0.717, 1.165) is 10.8 Å². The van der Waals surface area contributed by atoms with Crippen molar-refractivity contribution >= 4 is 32.0 Å². The second-order valence-electron chi connectivity index (χ2n) is 6.67. The average molecular weight is 396 g/mol. The molecule has 2 aromatic carbocycles. The SMILES string of the molecule is O=C(c1cccc2ccccc12)N1CCN(CCn2ccnc2)C(=S(=O)=O)C1. The standard InChI is InChI=1S/C20H20N4O3S/c25-20(18-7-3-5-16-4-1-2-6-17(16)18)24-13-12-23(19(14-24)28(26)27)11-10-22-9-8-21-15-22/h1-9,15H,10-14H2. The van der Waals surface area contributed by atoms with Crippen LogP contribution < -0.4 is 0 Å². The fourth-order valence-corrected chi connectivity index (χ4v) is 4.17. The van der Waals surface area contributed by atoms with E-state index in [1.165, 1.54) is 0 Å². The Morgan fingerprint density at radius 3 is 2.64 bits per heavy atom. The summed E-state index contributed by atoms with van der Waals surface area (Å²) < 4.78 is 25.5. The molecule has 0 unspecified atom stereocenters. The molecule has 1 aliphatic rings. The molecule has 1 fully saturated rings. The van der Waals surface area contributed by atoms with Crippen LogP contribution in [0.4, 0.5) is 0 Å². The van der Waals surface area contributed by atoms with Crippen molar-refractivity contribution in [2.45, 2.75) is 6.54 Å². The molecule has 1 amide bonds. The van der Waals surface area contributed by atoms with Crippen LogP contribution in [0.2, 0.25) is 0 Å². The molecular formula is C20H20N4O3S. The van der Waals surface area contributed by atoms with E-state index in [4.69, 9.17) is 0 Å². The second kappa shape index (κ2) is 7.95. The summed E-state index contributed by atoms with van der Waals surface area (Å²) in [6.07, 6.45) is 5.24. The number of piperazine rings is 1. The van der Waals surface area contributed by atoms with E-state index in [9.17, 15) is 13.2 Å². The lowest BCUT2D eigenvalue weighted by atomic mass is 10.0. The third-order valence-corrected chi connectivity index (χ3v) is 5.78. The number of aromatic nitrogens is 2. The molecular weight excluding hydrogens is 376 g/mol. The number of carbonyl (C=O) groups is 1. The zero-order chi connectivity index (χ0) is 19.5. The number of nitrogens with zero attached hydrogens (tertiary/aromatic N) is 4. The summed E-state index contributed by atoms with van der Waals surface area (Å²) in [5.74, 6) is -0.144. The maximum absolute atomic E-state index is 13.1. The van der Waals surface area contributed by atoms with Gasteiger partial charge in [0.05, 0.1) is 12.9 Å². The highest BCUT2D eigenvalue weighted by atomic mass is 32.2. The maximum Gasteiger partial charge on any atom is 0.254 e. The van der Waals surface area contributed by atoms with Crippen molar-refractivity contribution in [2.24, 2.45) is 0 Å². The molecule has 1 saturated heterocycles. The number of amides is 1. The summed E-state index contributed by atoms with van der Waals surface area (Å²) in [4.78, 5) is 20.8. The zero-order valence-corrected chi connectivity index (χ0v) is 16.0. The van der Waals surface area contributed by atoms with Crippen LogP contribution in [0.3, 0.4) is 0 Å². The van der Waals surface area contributed by atoms with Crippen molar-refractivity contribution < 1.29 is 13.2 Å². The normalized spacial score (nSPS) is 15.1. The van der Waals surface area contributed by atoms with Gasteiger partial charge in [-0.2, -0.15) is 8.42 Å². The van der Waals surface area contributed by atoms with E-state index < -0.39 is 10.3 Å². The summed E-state index contributed by atoms with van der Waals surface area (Å²) >= 11 is 0. The molecule has 0 saturated carbocycles. The Bertz CT molecular complexity index is 1130. The van der Waals surface area contributed by atoms with Gasteiger partial charge >= 0.3 is 0 Å². The number of hydrogen-bond acceptors (Lipinski definition) is 4. The first-order valence-corrected chi connectivity index (χ1v) is 10.1. The van der Waals surface area contributed by atoms with Gasteiger partial charge < -0.3 is 9.47 Å². The van der Waals surface area contributed by atoms with Crippen LogP contribution in [-0.2, 0) is 16.8 Å². The summed E-state index contributed by atoms with van der Waals surface area (Å²) in [5, 5.41) is 1.87. The van der Waals surface area contributed by atoms with Gasteiger partial charge in [0.1, 0.15) is 4.99 Å². The molecule has 2 heterocycles. The Morgan fingerprint density at radius 2 is 1.86 bits per heavy atom. The number of imidazole rings is 1. The zero-order valence-electron chi connectivity index (χ0n) is 15.2. The monoisotopic (exact) mass is 396 g/mol. The summed E-state index contributed by atoms with van der Waals surface area (Å²) in [7, 11) is -2.38. The molecule has 0 bridgehead atoms. The van der Waals surface area contributed by atoms with Crippen LogP contribution in [0.25, 0.3) is 10.8 Å². The molecule has 0 N–H and O–H groups in total. The van der Waals surface area contributed by atoms with Crippen molar-refractivity contribution in [1.29, 1.82) is 0 Å². The second-order valence-corrected chi connectivity index (χ2v) is 7.61. The van der Waals surface area contributed by atoms with Gasteiger partial charge in [-0.3, -0.25) is 9.69 Å². The Hall–Kier alpha value is -2.97. The highest BCUT2D eigenvalue weighted by Gasteiger charge is 2.28. The molecule has 8 heteroatoms. The highest BCUT2D eigenvalue weighted by molar-refractivity contribution is 7.72. The van der Waals surface area contributed by atoms with E-state index in [1.54, 1.807) is 23.5 Å². The number of hydrogen-bond donors (Lipinski definition) is 0. The Balaban J connectivity index is 1.54. The minimum absolute atomic E-state index is 0.0854.